The Balaban J connectivity index is 1.81. The monoisotopic (exact) mass is 303 g/mol. The van der Waals surface area contributed by atoms with Crippen molar-refractivity contribution in [1.29, 1.82) is 0 Å². The average molecular weight is 303 g/mol. The van der Waals surface area contributed by atoms with Crippen LogP contribution in [0.25, 0.3) is 0 Å². The maximum atomic E-state index is 12.2. The number of carbonyl (C=O) groups excluding carboxylic acids is 2. The molecule has 0 N–H and O–H groups in total. The van der Waals surface area contributed by atoms with Gasteiger partial charge in [0, 0.05) is 25.4 Å². The molecule has 1 aliphatic rings. The number of carbonyl (C=O) groups is 2. The number of hydrogen-bond donors (Lipinski definition) is 0. The zero-order chi connectivity index (χ0) is 16.1. The van der Waals surface area contributed by atoms with Crippen molar-refractivity contribution in [2.24, 2.45) is 5.92 Å². The normalized spacial score (nSPS) is 15.7. The molecule has 0 atom stereocenters. The molecule has 0 unspecified atom stereocenters. The first-order valence-electron chi connectivity index (χ1n) is 8.01. The van der Waals surface area contributed by atoms with Crippen LogP contribution in [0.5, 0.6) is 5.75 Å². The van der Waals surface area contributed by atoms with Crippen molar-refractivity contribution in [2.75, 3.05) is 19.7 Å². The van der Waals surface area contributed by atoms with E-state index in [0.717, 1.165) is 24.2 Å². The van der Waals surface area contributed by atoms with E-state index in [1.165, 1.54) is 5.56 Å². The number of piperidine rings is 1. The third-order valence-corrected chi connectivity index (χ3v) is 4.49. The zero-order valence-electron chi connectivity index (χ0n) is 13.7. The molecular weight excluding hydrogens is 278 g/mol. The van der Waals surface area contributed by atoms with E-state index in [-0.39, 0.29) is 18.4 Å². The topological polar surface area (TPSA) is 46.6 Å². The molecule has 2 rings (SSSR count). The first-order valence-corrected chi connectivity index (χ1v) is 8.01. The van der Waals surface area contributed by atoms with Crippen LogP contribution in [0.4, 0.5) is 0 Å². The van der Waals surface area contributed by atoms with Gasteiger partial charge in [-0.05, 0) is 49.9 Å². The zero-order valence-corrected chi connectivity index (χ0v) is 13.7. The van der Waals surface area contributed by atoms with E-state index >= 15 is 0 Å². The van der Waals surface area contributed by atoms with Crippen molar-refractivity contribution >= 4 is 11.7 Å². The molecular formula is C18H25NO3. The molecule has 0 radical (unpaired) electrons. The third-order valence-electron chi connectivity index (χ3n) is 4.49. The Labute approximate surface area is 132 Å². The second kappa shape index (κ2) is 7.43. The van der Waals surface area contributed by atoms with E-state index in [1.54, 1.807) is 4.90 Å². The predicted octanol–water partition coefficient (Wildman–Crippen LogP) is 2.90. The molecule has 120 valence electrons. The minimum absolute atomic E-state index is 0.000579. The van der Waals surface area contributed by atoms with Crippen molar-refractivity contribution < 1.29 is 14.3 Å². The Morgan fingerprint density at radius 2 is 1.86 bits per heavy atom. The number of amides is 1. The van der Waals surface area contributed by atoms with Gasteiger partial charge in [0.1, 0.15) is 11.5 Å². The molecule has 1 amide bonds. The van der Waals surface area contributed by atoms with Crippen LogP contribution in [0.15, 0.2) is 18.2 Å². The van der Waals surface area contributed by atoms with Crippen LogP contribution < -0.4 is 4.74 Å². The van der Waals surface area contributed by atoms with Gasteiger partial charge in [0.25, 0.3) is 5.91 Å². The number of hydrogen-bond acceptors (Lipinski definition) is 3. The number of ether oxygens (including phenoxy) is 1. The molecule has 4 heteroatoms. The summed E-state index contributed by atoms with van der Waals surface area (Å²) in [5.74, 6) is 1.18. The van der Waals surface area contributed by atoms with Crippen LogP contribution in [-0.2, 0) is 9.59 Å². The number of nitrogens with zero attached hydrogens (tertiary/aromatic N) is 1. The first kappa shape index (κ1) is 16.5. The average Bonchev–Trinajstić information content (AvgIpc) is 2.55. The lowest BCUT2D eigenvalue weighted by molar-refractivity contribution is -0.136. The van der Waals surface area contributed by atoms with Gasteiger partial charge in [0.05, 0.1) is 0 Å². The van der Waals surface area contributed by atoms with Crippen LogP contribution in [0.2, 0.25) is 0 Å². The highest BCUT2D eigenvalue weighted by Crippen LogP contribution is 2.20. The summed E-state index contributed by atoms with van der Waals surface area (Å²) in [7, 11) is 0. The number of ketones is 1. The second-order valence-electron chi connectivity index (χ2n) is 6.01. The van der Waals surface area contributed by atoms with Crippen LogP contribution in [0.3, 0.4) is 0 Å². The summed E-state index contributed by atoms with van der Waals surface area (Å²) in [6.07, 6.45) is 2.15. The molecule has 0 aliphatic carbocycles. The molecule has 0 bridgehead atoms. The van der Waals surface area contributed by atoms with E-state index in [1.807, 2.05) is 39.0 Å². The van der Waals surface area contributed by atoms with Gasteiger partial charge >= 0.3 is 0 Å². The lowest BCUT2D eigenvalue weighted by atomic mass is 9.91. The molecule has 0 aromatic heterocycles. The molecule has 0 spiro atoms. The van der Waals surface area contributed by atoms with Gasteiger partial charge in [-0.15, -0.1) is 0 Å². The fourth-order valence-electron chi connectivity index (χ4n) is 2.78. The van der Waals surface area contributed by atoms with E-state index in [0.29, 0.717) is 25.3 Å². The van der Waals surface area contributed by atoms with Gasteiger partial charge in [-0.1, -0.05) is 13.0 Å². The summed E-state index contributed by atoms with van der Waals surface area (Å²) in [5.41, 5.74) is 2.37. The van der Waals surface area contributed by atoms with E-state index in [2.05, 4.69) is 0 Å². The summed E-state index contributed by atoms with van der Waals surface area (Å²) in [5, 5.41) is 0. The standard InChI is InChI=1S/C18H25NO3/c1-4-17(20)15-7-9-19(10-8-15)18(21)12-22-16-6-5-13(2)14(3)11-16/h5-6,11,15H,4,7-10,12H2,1-3H3. The summed E-state index contributed by atoms with van der Waals surface area (Å²) in [6.45, 7) is 7.36. The molecule has 1 aliphatic heterocycles. The maximum Gasteiger partial charge on any atom is 0.260 e. The Bertz CT molecular complexity index is 545. The van der Waals surface area contributed by atoms with Crippen molar-refractivity contribution in [2.45, 2.75) is 40.0 Å². The minimum atomic E-state index is 0.000579. The van der Waals surface area contributed by atoms with Gasteiger partial charge < -0.3 is 9.64 Å². The number of benzene rings is 1. The van der Waals surface area contributed by atoms with Gasteiger partial charge in [-0.2, -0.15) is 0 Å². The molecule has 0 saturated carbocycles. The largest absolute Gasteiger partial charge is 0.484 e. The minimum Gasteiger partial charge on any atom is -0.484 e. The molecule has 4 nitrogen and oxygen atoms in total. The van der Waals surface area contributed by atoms with Gasteiger partial charge in [0.15, 0.2) is 6.61 Å². The molecule has 1 fully saturated rings. The fraction of sp³-hybridized carbons (Fsp3) is 0.556. The van der Waals surface area contributed by atoms with Crippen molar-refractivity contribution in [1.82, 2.24) is 4.90 Å². The fourth-order valence-corrected chi connectivity index (χ4v) is 2.78. The Morgan fingerprint density at radius 1 is 1.18 bits per heavy atom. The van der Waals surface area contributed by atoms with Gasteiger partial charge in [-0.25, -0.2) is 0 Å². The lowest BCUT2D eigenvalue weighted by Crippen LogP contribution is -2.42. The van der Waals surface area contributed by atoms with Crippen LogP contribution >= 0.6 is 0 Å². The van der Waals surface area contributed by atoms with Crippen LogP contribution in [-0.4, -0.2) is 36.3 Å². The van der Waals surface area contributed by atoms with E-state index in [4.69, 9.17) is 4.74 Å². The Kier molecular flexibility index (Phi) is 5.58. The molecule has 22 heavy (non-hydrogen) atoms. The maximum absolute atomic E-state index is 12.2. The highest BCUT2D eigenvalue weighted by molar-refractivity contribution is 5.82. The SMILES string of the molecule is CCC(=O)C1CCN(C(=O)COc2ccc(C)c(C)c2)CC1. The Morgan fingerprint density at radius 3 is 2.45 bits per heavy atom. The quantitative estimate of drug-likeness (QED) is 0.840. The predicted molar refractivity (Wildman–Crippen MR) is 86.0 cm³/mol. The number of rotatable bonds is 5. The summed E-state index contributed by atoms with van der Waals surface area (Å²) >= 11 is 0. The van der Waals surface area contributed by atoms with Gasteiger partial charge in [-0.3, -0.25) is 9.59 Å². The van der Waals surface area contributed by atoms with Crippen molar-refractivity contribution in [3.8, 4) is 5.75 Å². The van der Waals surface area contributed by atoms with Crippen molar-refractivity contribution in [3.63, 3.8) is 0 Å². The Hall–Kier alpha value is -1.84. The summed E-state index contributed by atoms with van der Waals surface area (Å²) in [4.78, 5) is 25.7. The molecule has 1 heterocycles. The van der Waals surface area contributed by atoms with Crippen LogP contribution in [0.1, 0.15) is 37.3 Å². The smallest absolute Gasteiger partial charge is 0.260 e. The van der Waals surface area contributed by atoms with E-state index < -0.39 is 0 Å². The summed E-state index contributed by atoms with van der Waals surface area (Å²) in [6, 6.07) is 5.84. The third kappa shape index (κ3) is 4.09. The van der Waals surface area contributed by atoms with Crippen LogP contribution in [0, 0.1) is 19.8 Å². The highest BCUT2D eigenvalue weighted by Gasteiger charge is 2.26. The number of likely N-dealkylation sites (tertiary alicyclic amines) is 1. The first-order chi connectivity index (χ1) is 10.5. The van der Waals surface area contributed by atoms with Gasteiger partial charge in [0.2, 0.25) is 0 Å². The van der Waals surface area contributed by atoms with E-state index in [9.17, 15) is 9.59 Å². The highest BCUT2D eigenvalue weighted by atomic mass is 16.5. The molecule has 1 aromatic rings. The van der Waals surface area contributed by atoms with Crippen molar-refractivity contribution in [3.05, 3.63) is 29.3 Å². The summed E-state index contributed by atoms with van der Waals surface area (Å²) < 4.78 is 5.59. The molecule has 1 aromatic carbocycles. The molecule has 1 saturated heterocycles. The number of aryl methyl sites for hydroxylation is 2. The second-order valence-corrected chi connectivity index (χ2v) is 6.01. The lowest BCUT2D eigenvalue weighted by Gasteiger charge is -2.31. The number of Topliss-reactive ketones (excluding diaryl/α,β-unsaturated/α-hetero) is 1.